The summed E-state index contributed by atoms with van der Waals surface area (Å²) in [5.74, 6) is 0.958. The maximum atomic E-state index is 4.33. The van der Waals surface area contributed by atoms with Gasteiger partial charge in [0.25, 0.3) is 0 Å². The Kier molecular flexibility index (Phi) is 3.37. The Bertz CT molecular complexity index is 406. The van der Waals surface area contributed by atoms with E-state index in [9.17, 15) is 0 Å². The summed E-state index contributed by atoms with van der Waals surface area (Å²) in [5.41, 5.74) is 1.23. The van der Waals surface area contributed by atoms with Gasteiger partial charge in [0, 0.05) is 18.4 Å². The Labute approximate surface area is 95.9 Å². The highest BCUT2D eigenvalue weighted by Gasteiger charge is 2.16. The van der Waals surface area contributed by atoms with E-state index in [2.05, 4.69) is 41.3 Å². The van der Waals surface area contributed by atoms with E-state index in [0.717, 1.165) is 5.82 Å². The number of nitrogens with one attached hydrogen (secondary N) is 2. The molecule has 1 atom stereocenters. The van der Waals surface area contributed by atoms with Crippen LogP contribution >= 0.6 is 0 Å². The lowest BCUT2D eigenvalue weighted by Gasteiger charge is -2.19. The van der Waals surface area contributed by atoms with E-state index in [1.165, 1.54) is 5.56 Å². The van der Waals surface area contributed by atoms with Crippen molar-refractivity contribution >= 4 is 0 Å². The third-order valence-electron chi connectivity index (χ3n) is 2.43. The molecule has 2 rings (SSSR count). The molecule has 0 bridgehead atoms. The van der Waals surface area contributed by atoms with Gasteiger partial charge in [0.15, 0.2) is 0 Å². The van der Waals surface area contributed by atoms with Crippen LogP contribution in [-0.2, 0) is 0 Å². The number of nitrogens with zero attached hydrogens (tertiary/aromatic N) is 1. The molecule has 0 aliphatic carbocycles. The average molecular weight is 215 g/mol. The SMILES string of the molecule is CC(C)NC(c1ccccc1)c1ncc[nH]1. The minimum Gasteiger partial charge on any atom is -0.347 e. The van der Waals surface area contributed by atoms with Crippen molar-refractivity contribution in [1.82, 2.24) is 15.3 Å². The zero-order chi connectivity index (χ0) is 11.4. The van der Waals surface area contributed by atoms with Crippen LogP contribution in [0.3, 0.4) is 0 Å². The van der Waals surface area contributed by atoms with Gasteiger partial charge in [-0.05, 0) is 19.4 Å². The Morgan fingerprint density at radius 2 is 1.94 bits per heavy atom. The van der Waals surface area contributed by atoms with Crippen molar-refractivity contribution in [3.8, 4) is 0 Å². The highest BCUT2D eigenvalue weighted by molar-refractivity contribution is 5.24. The second-order valence-electron chi connectivity index (χ2n) is 4.14. The summed E-state index contributed by atoms with van der Waals surface area (Å²) < 4.78 is 0. The number of imidazole rings is 1. The zero-order valence-corrected chi connectivity index (χ0v) is 9.64. The van der Waals surface area contributed by atoms with Gasteiger partial charge in [-0.15, -0.1) is 0 Å². The van der Waals surface area contributed by atoms with Gasteiger partial charge in [-0.1, -0.05) is 30.3 Å². The van der Waals surface area contributed by atoms with Gasteiger partial charge in [0.1, 0.15) is 5.82 Å². The fraction of sp³-hybridized carbons (Fsp3) is 0.308. The minimum absolute atomic E-state index is 0.135. The summed E-state index contributed by atoms with van der Waals surface area (Å²) in [6.45, 7) is 4.28. The maximum absolute atomic E-state index is 4.33. The molecule has 0 aliphatic heterocycles. The molecule has 1 heterocycles. The molecule has 0 saturated heterocycles. The predicted molar refractivity (Wildman–Crippen MR) is 65.1 cm³/mol. The Morgan fingerprint density at radius 1 is 1.19 bits per heavy atom. The first-order valence-corrected chi connectivity index (χ1v) is 5.57. The van der Waals surface area contributed by atoms with Crippen LogP contribution in [0.25, 0.3) is 0 Å². The van der Waals surface area contributed by atoms with Crippen molar-refractivity contribution < 1.29 is 0 Å². The first-order valence-electron chi connectivity index (χ1n) is 5.57. The molecular weight excluding hydrogens is 198 g/mol. The maximum Gasteiger partial charge on any atom is 0.127 e. The summed E-state index contributed by atoms with van der Waals surface area (Å²) in [4.78, 5) is 7.50. The van der Waals surface area contributed by atoms with E-state index in [1.54, 1.807) is 6.20 Å². The lowest BCUT2D eigenvalue weighted by atomic mass is 10.1. The van der Waals surface area contributed by atoms with Gasteiger partial charge >= 0.3 is 0 Å². The molecule has 84 valence electrons. The molecule has 2 N–H and O–H groups in total. The monoisotopic (exact) mass is 215 g/mol. The fourth-order valence-electron chi connectivity index (χ4n) is 1.75. The van der Waals surface area contributed by atoms with E-state index in [1.807, 2.05) is 24.4 Å². The molecule has 0 spiro atoms. The van der Waals surface area contributed by atoms with Crippen LogP contribution in [0.15, 0.2) is 42.7 Å². The Balaban J connectivity index is 2.29. The Morgan fingerprint density at radius 3 is 2.50 bits per heavy atom. The van der Waals surface area contributed by atoms with E-state index in [0.29, 0.717) is 6.04 Å². The van der Waals surface area contributed by atoms with Crippen LogP contribution in [0.1, 0.15) is 31.3 Å². The lowest BCUT2D eigenvalue weighted by molar-refractivity contribution is 0.513. The molecular formula is C13H17N3. The molecule has 0 aliphatic rings. The number of rotatable bonds is 4. The number of H-pyrrole nitrogens is 1. The largest absolute Gasteiger partial charge is 0.347 e. The molecule has 1 aromatic heterocycles. The smallest absolute Gasteiger partial charge is 0.127 e. The van der Waals surface area contributed by atoms with Crippen molar-refractivity contribution in [3.63, 3.8) is 0 Å². The third-order valence-corrected chi connectivity index (χ3v) is 2.43. The molecule has 2 aromatic rings. The van der Waals surface area contributed by atoms with Crippen molar-refractivity contribution in [1.29, 1.82) is 0 Å². The third kappa shape index (κ3) is 2.49. The van der Waals surface area contributed by atoms with E-state index in [-0.39, 0.29) is 6.04 Å². The highest BCUT2D eigenvalue weighted by atomic mass is 15.0. The standard InChI is InChI=1S/C13H17N3/c1-10(2)16-12(13-14-8-9-15-13)11-6-4-3-5-7-11/h3-10,12,16H,1-2H3,(H,14,15). The van der Waals surface area contributed by atoms with Gasteiger partial charge in [-0.25, -0.2) is 4.98 Å². The first-order chi connectivity index (χ1) is 7.77. The predicted octanol–water partition coefficient (Wildman–Crippen LogP) is 2.50. The summed E-state index contributed by atoms with van der Waals surface area (Å²) in [7, 11) is 0. The van der Waals surface area contributed by atoms with E-state index in [4.69, 9.17) is 0 Å². The van der Waals surface area contributed by atoms with Crippen LogP contribution in [0.2, 0.25) is 0 Å². The number of aromatic amines is 1. The molecule has 3 heteroatoms. The first kappa shape index (κ1) is 10.9. The molecule has 0 amide bonds. The van der Waals surface area contributed by atoms with Crippen LogP contribution in [-0.4, -0.2) is 16.0 Å². The average Bonchev–Trinajstić information content (AvgIpc) is 2.80. The van der Waals surface area contributed by atoms with Gasteiger partial charge in [0.05, 0.1) is 6.04 Å². The van der Waals surface area contributed by atoms with Gasteiger partial charge in [-0.3, -0.25) is 0 Å². The molecule has 0 radical (unpaired) electrons. The van der Waals surface area contributed by atoms with E-state index >= 15 is 0 Å². The van der Waals surface area contributed by atoms with Crippen LogP contribution in [0.4, 0.5) is 0 Å². The zero-order valence-electron chi connectivity index (χ0n) is 9.64. The van der Waals surface area contributed by atoms with Crippen molar-refractivity contribution in [3.05, 3.63) is 54.1 Å². The van der Waals surface area contributed by atoms with Crippen molar-refractivity contribution in [2.45, 2.75) is 25.9 Å². The molecule has 1 aromatic carbocycles. The summed E-state index contributed by atoms with van der Waals surface area (Å²) in [5, 5.41) is 3.50. The molecule has 0 fully saturated rings. The van der Waals surface area contributed by atoms with Crippen molar-refractivity contribution in [2.24, 2.45) is 0 Å². The summed E-state index contributed by atoms with van der Waals surface area (Å²) >= 11 is 0. The second-order valence-corrected chi connectivity index (χ2v) is 4.14. The van der Waals surface area contributed by atoms with Gasteiger partial charge in [-0.2, -0.15) is 0 Å². The number of hydrogen-bond donors (Lipinski definition) is 2. The quantitative estimate of drug-likeness (QED) is 0.822. The summed E-state index contributed by atoms with van der Waals surface area (Å²) in [6, 6.07) is 10.9. The van der Waals surface area contributed by atoms with Crippen LogP contribution < -0.4 is 5.32 Å². The van der Waals surface area contributed by atoms with Gasteiger partial charge < -0.3 is 10.3 Å². The topological polar surface area (TPSA) is 40.7 Å². The Hall–Kier alpha value is -1.61. The molecule has 0 saturated carbocycles. The lowest BCUT2D eigenvalue weighted by Crippen LogP contribution is -2.29. The highest BCUT2D eigenvalue weighted by Crippen LogP contribution is 2.18. The fourth-order valence-corrected chi connectivity index (χ4v) is 1.75. The second kappa shape index (κ2) is 4.94. The molecule has 3 nitrogen and oxygen atoms in total. The minimum atomic E-state index is 0.135. The number of aromatic nitrogens is 2. The van der Waals surface area contributed by atoms with Gasteiger partial charge in [0.2, 0.25) is 0 Å². The summed E-state index contributed by atoms with van der Waals surface area (Å²) in [6.07, 6.45) is 3.64. The normalized spacial score (nSPS) is 12.9. The molecule has 16 heavy (non-hydrogen) atoms. The van der Waals surface area contributed by atoms with Crippen molar-refractivity contribution in [2.75, 3.05) is 0 Å². The van der Waals surface area contributed by atoms with Crippen LogP contribution in [0, 0.1) is 0 Å². The number of benzene rings is 1. The van der Waals surface area contributed by atoms with E-state index < -0.39 is 0 Å². The van der Waals surface area contributed by atoms with Crippen LogP contribution in [0.5, 0.6) is 0 Å². The molecule has 1 unspecified atom stereocenters. The number of hydrogen-bond acceptors (Lipinski definition) is 2.